The van der Waals surface area contributed by atoms with Gasteiger partial charge in [-0.15, -0.1) is 0 Å². The lowest BCUT2D eigenvalue weighted by atomic mass is 9.97. The maximum Gasteiger partial charge on any atom is 0.120 e. The van der Waals surface area contributed by atoms with Gasteiger partial charge in [0.05, 0.1) is 0 Å². The summed E-state index contributed by atoms with van der Waals surface area (Å²) in [5.41, 5.74) is 2.21. The number of likely N-dealkylation sites (N-methyl/N-ethyl adjacent to an activating group) is 2. The largest absolute Gasteiger partial charge is 0.508 e. The van der Waals surface area contributed by atoms with E-state index in [0.717, 1.165) is 24.2 Å². The van der Waals surface area contributed by atoms with Crippen LogP contribution in [0, 0.1) is 0 Å². The first-order valence-electron chi connectivity index (χ1n) is 4.91. The van der Waals surface area contributed by atoms with Crippen molar-refractivity contribution < 1.29 is 5.11 Å². The Hall–Kier alpha value is -1.22. The van der Waals surface area contributed by atoms with Crippen LogP contribution in [-0.4, -0.2) is 31.8 Å². The van der Waals surface area contributed by atoms with Gasteiger partial charge in [-0.1, -0.05) is 6.07 Å². The standard InChI is InChI=1S/C11H16N2O/c1-12-8-6-9-10(13(2)7-8)4-3-5-11(9)14/h3-5,8,12,14H,6-7H2,1-2H3. The molecule has 0 amide bonds. The van der Waals surface area contributed by atoms with Crippen LogP contribution in [0.2, 0.25) is 0 Å². The first-order chi connectivity index (χ1) is 6.72. The highest BCUT2D eigenvalue weighted by atomic mass is 16.3. The predicted octanol–water partition coefficient (Wildman–Crippen LogP) is 0.972. The van der Waals surface area contributed by atoms with Crippen LogP contribution in [0.3, 0.4) is 0 Å². The quantitative estimate of drug-likeness (QED) is 0.696. The van der Waals surface area contributed by atoms with E-state index in [1.165, 1.54) is 0 Å². The first kappa shape index (κ1) is 9.34. The number of fused-ring (bicyclic) bond motifs is 1. The molecule has 1 aromatic carbocycles. The second-order valence-electron chi connectivity index (χ2n) is 3.85. The molecular weight excluding hydrogens is 176 g/mol. The van der Waals surface area contributed by atoms with E-state index >= 15 is 0 Å². The van der Waals surface area contributed by atoms with Gasteiger partial charge in [-0.3, -0.25) is 0 Å². The highest BCUT2D eigenvalue weighted by Gasteiger charge is 2.22. The summed E-state index contributed by atoms with van der Waals surface area (Å²) in [4.78, 5) is 2.18. The molecule has 3 nitrogen and oxygen atoms in total. The number of aromatic hydroxyl groups is 1. The zero-order valence-electron chi connectivity index (χ0n) is 8.62. The predicted molar refractivity (Wildman–Crippen MR) is 57.9 cm³/mol. The molecule has 0 fully saturated rings. The molecule has 0 bridgehead atoms. The molecule has 2 rings (SSSR count). The van der Waals surface area contributed by atoms with Crippen molar-refractivity contribution in [2.75, 3.05) is 25.5 Å². The molecule has 0 saturated carbocycles. The van der Waals surface area contributed by atoms with Crippen molar-refractivity contribution in [1.29, 1.82) is 0 Å². The van der Waals surface area contributed by atoms with Gasteiger partial charge < -0.3 is 15.3 Å². The third-order valence-electron chi connectivity index (χ3n) is 2.89. The molecule has 0 aliphatic carbocycles. The van der Waals surface area contributed by atoms with Crippen molar-refractivity contribution in [2.45, 2.75) is 12.5 Å². The summed E-state index contributed by atoms with van der Waals surface area (Å²) in [5, 5.41) is 13.0. The lowest BCUT2D eigenvalue weighted by molar-refractivity contribution is 0.453. The molecule has 1 aromatic rings. The van der Waals surface area contributed by atoms with Crippen molar-refractivity contribution >= 4 is 5.69 Å². The summed E-state index contributed by atoms with van der Waals surface area (Å²) in [7, 11) is 4.02. The number of hydrogen-bond donors (Lipinski definition) is 2. The molecule has 1 aliphatic rings. The van der Waals surface area contributed by atoms with Gasteiger partial charge in [0.15, 0.2) is 0 Å². The van der Waals surface area contributed by atoms with E-state index in [1.54, 1.807) is 6.07 Å². The second kappa shape index (κ2) is 3.50. The van der Waals surface area contributed by atoms with E-state index in [2.05, 4.69) is 23.3 Å². The molecule has 1 atom stereocenters. The summed E-state index contributed by atoms with van der Waals surface area (Å²) in [6.07, 6.45) is 0.906. The molecule has 1 heterocycles. The molecule has 0 radical (unpaired) electrons. The van der Waals surface area contributed by atoms with Gasteiger partial charge in [0.25, 0.3) is 0 Å². The van der Waals surface area contributed by atoms with Gasteiger partial charge >= 0.3 is 0 Å². The number of rotatable bonds is 1. The molecule has 0 aromatic heterocycles. The molecule has 76 valence electrons. The molecule has 3 heteroatoms. The number of nitrogens with one attached hydrogen (secondary N) is 1. The Morgan fingerprint density at radius 1 is 1.50 bits per heavy atom. The number of phenolic OH excluding ortho intramolecular Hbond substituents is 1. The van der Waals surface area contributed by atoms with Gasteiger partial charge in [-0.2, -0.15) is 0 Å². The van der Waals surface area contributed by atoms with Crippen molar-refractivity contribution in [3.05, 3.63) is 23.8 Å². The van der Waals surface area contributed by atoms with Crippen LogP contribution < -0.4 is 10.2 Å². The molecule has 2 N–H and O–H groups in total. The van der Waals surface area contributed by atoms with Gasteiger partial charge in [0.2, 0.25) is 0 Å². The van der Waals surface area contributed by atoms with Crippen molar-refractivity contribution in [3.8, 4) is 5.75 Å². The summed E-state index contributed by atoms with van der Waals surface area (Å²) < 4.78 is 0. The van der Waals surface area contributed by atoms with Crippen molar-refractivity contribution in [3.63, 3.8) is 0 Å². The highest BCUT2D eigenvalue weighted by molar-refractivity contribution is 5.60. The van der Waals surface area contributed by atoms with E-state index in [4.69, 9.17) is 0 Å². The van der Waals surface area contributed by atoms with Crippen LogP contribution in [0.4, 0.5) is 5.69 Å². The fourth-order valence-corrected chi connectivity index (χ4v) is 2.06. The van der Waals surface area contributed by atoms with E-state index in [0.29, 0.717) is 11.8 Å². The Balaban J connectivity index is 2.40. The zero-order chi connectivity index (χ0) is 10.1. The first-order valence-corrected chi connectivity index (χ1v) is 4.91. The molecule has 0 spiro atoms. The molecule has 1 unspecified atom stereocenters. The average molecular weight is 192 g/mol. The lowest BCUT2D eigenvalue weighted by Crippen LogP contribution is -2.43. The van der Waals surface area contributed by atoms with Crippen LogP contribution in [0.25, 0.3) is 0 Å². The van der Waals surface area contributed by atoms with Crippen LogP contribution in [0.5, 0.6) is 5.75 Å². The molecule has 1 aliphatic heterocycles. The number of phenols is 1. The van der Waals surface area contributed by atoms with Crippen LogP contribution in [0.15, 0.2) is 18.2 Å². The minimum absolute atomic E-state index is 0.411. The molecule has 0 saturated heterocycles. The minimum atomic E-state index is 0.411. The maximum absolute atomic E-state index is 9.73. The molecular formula is C11H16N2O. The van der Waals surface area contributed by atoms with Crippen molar-refractivity contribution in [2.24, 2.45) is 0 Å². The Labute approximate surface area is 84.4 Å². The fraction of sp³-hybridized carbons (Fsp3) is 0.455. The van der Waals surface area contributed by atoms with Gasteiger partial charge in [0.1, 0.15) is 5.75 Å². The second-order valence-corrected chi connectivity index (χ2v) is 3.85. The average Bonchev–Trinajstić information content (AvgIpc) is 2.19. The van der Waals surface area contributed by atoms with Crippen LogP contribution >= 0.6 is 0 Å². The SMILES string of the molecule is CNC1Cc2c(O)cccc2N(C)C1. The number of benzene rings is 1. The van der Waals surface area contributed by atoms with E-state index < -0.39 is 0 Å². The summed E-state index contributed by atoms with van der Waals surface area (Å²) in [5.74, 6) is 0.411. The van der Waals surface area contributed by atoms with Gasteiger partial charge in [-0.25, -0.2) is 0 Å². The Morgan fingerprint density at radius 3 is 3.00 bits per heavy atom. The monoisotopic (exact) mass is 192 g/mol. The van der Waals surface area contributed by atoms with Gasteiger partial charge in [-0.05, 0) is 25.6 Å². The van der Waals surface area contributed by atoms with Crippen LogP contribution in [-0.2, 0) is 6.42 Å². The number of anilines is 1. The minimum Gasteiger partial charge on any atom is -0.508 e. The lowest BCUT2D eigenvalue weighted by Gasteiger charge is -2.33. The normalized spacial score (nSPS) is 20.7. The zero-order valence-corrected chi connectivity index (χ0v) is 8.62. The van der Waals surface area contributed by atoms with E-state index in [1.807, 2.05) is 13.1 Å². The summed E-state index contributed by atoms with van der Waals surface area (Å²) >= 11 is 0. The van der Waals surface area contributed by atoms with Crippen LogP contribution in [0.1, 0.15) is 5.56 Å². The Kier molecular flexibility index (Phi) is 2.33. The Morgan fingerprint density at radius 2 is 2.29 bits per heavy atom. The fourth-order valence-electron chi connectivity index (χ4n) is 2.06. The van der Waals surface area contributed by atoms with Gasteiger partial charge in [0, 0.05) is 30.9 Å². The smallest absolute Gasteiger partial charge is 0.120 e. The van der Waals surface area contributed by atoms with Crippen molar-refractivity contribution in [1.82, 2.24) is 5.32 Å². The summed E-state index contributed by atoms with van der Waals surface area (Å²) in [6.45, 7) is 0.993. The van der Waals surface area contributed by atoms with E-state index in [9.17, 15) is 5.11 Å². The maximum atomic E-state index is 9.73. The molecule has 14 heavy (non-hydrogen) atoms. The third-order valence-corrected chi connectivity index (χ3v) is 2.89. The van der Waals surface area contributed by atoms with E-state index in [-0.39, 0.29) is 0 Å². The number of hydrogen-bond acceptors (Lipinski definition) is 3. The highest BCUT2D eigenvalue weighted by Crippen LogP contribution is 2.32. The number of nitrogens with zero attached hydrogens (tertiary/aromatic N) is 1. The summed E-state index contributed by atoms with van der Waals surface area (Å²) in [6, 6.07) is 6.14. The Bertz CT molecular complexity index is 338. The third kappa shape index (κ3) is 1.44. The topological polar surface area (TPSA) is 35.5 Å².